The molecule has 1 aromatic rings. The van der Waals surface area contributed by atoms with Crippen LogP contribution in [0.25, 0.3) is 0 Å². The first-order valence-electron chi connectivity index (χ1n) is 6.47. The average Bonchev–Trinajstić information content (AvgIpc) is 2.71. The molecule has 1 aromatic heterocycles. The molecule has 0 spiro atoms. The summed E-state index contributed by atoms with van der Waals surface area (Å²) >= 11 is 1.64. The van der Waals surface area contributed by atoms with Crippen molar-refractivity contribution < 1.29 is 8.42 Å². The molecule has 2 aliphatic rings. The quantitative estimate of drug-likeness (QED) is 0.846. The van der Waals surface area contributed by atoms with Crippen LogP contribution in [0.2, 0.25) is 0 Å². The van der Waals surface area contributed by atoms with E-state index in [1.807, 2.05) is 0 Å². The molecule has 1 saturated heterocycles. The lowest BCUT2D eigenvalue weighted by molar-refractivity contribution is 0.421. The second-order valence-corrected chi connectivity index (χ2v) is 8.72. The number of hydrogen-bond acceptors (Lipinski definition) is 5. The van der Waals surface area contributed by atoms with E-state index in [1.54, 1.807) is 11.3 Å². The van der Waals surface area contributed by atoms with Crippen molar-refractivity contribution in [1.82, 2.24) is 4.98 Å². The number of nitrogens with two attached hydrogens (primary N) is 1. The number of fused-ring (bicyclic) bond motifs is 1. The number of aromatic nitrogens is 1. The van der Waals surface area contributed by atoms with Crippen LogP contribution in [0.1, 0.15) is 41.3 Å². The van der Waals surface area contributed by atoms with E-state index in [-0.39, 0.29) is 11.5 Å². The average molecular weight is 286 g/mol. The lowest BCUT2D eigenvalue weighted by Crippen LogP contribution is -2.47. The number of rotatable bonds is 1. The van der Waals surface area contributed by atoms with Crippen molar-refractivity contribution in [1.29, 1.82) is 0 Å². The largest absolute Gasteiger partial charge is 0.319 e. The summed E-state index contributed by atoms with van der Waals surface area (Å²) in [5.74, 6) is 0.337. The van der Waals surface area contributed by atoms with Crippen LogP contribution >= 0.6 is 11.3 Å². The van der Waals surface area contributed by atoms with Gasteiger partial charge in [0.2, 0.25) is 0 Å². The summed E-state index contributed by atoms with van der Waals surface area (Å²) < 4.78 is 23.6. The van der Waals surface area contributed by atoms with Gasteiger partial charge in [-0.1, -0.05) is 0 Å². The van der Waals surface area contributed by atoms with Gasteiger partial charge in [0.05, 0.1) is 22.7 Å². The molecule has 1 fully saturated rings. The van der Waals surface area contributed by atoms with Gasteiger partial charge in [-0.15, -0.1) is 11.3 Å². The Hall–Kier alpha value is -0.460. The minimum Gasteiger partial charge on any atom is -0.319 e. The van der Waals surface area contributed by atoms with Gasteiger partial charge < -0.3 is 5.73 Å². The predicted molar refractivity (Wildman–Crippen MR) is 72.5 cm³/mol. The summed E-state index contributed by atoms with van der Waals surface area (Å²) in [4.78, 5) is 5.96. The van der Waals surface area contributed by atoms with Gasteiger partial charge in [0.25, 0.3) is 0 Å². The predicted octanol–water partition coefficient (Wildman–Crippen LogP) is 1.38. The maximum Gasteiger partial charge on any atom is 0.152 e. The van der Waals surface area contributed by atoms with Crippen LogP contribution in [0.15, 0.2) is 0 Å². The third-order valence-corrected chi connectivity index (χ3v) is 7.07. The van der Waals surface area contributed by atoms with Crippen molar-refractivity contribution in [3.05, 3.63) is 15.6 Å². The van der Waals surface area contributed by atoms with Crippen molar-refractivity contribution in [2.24, 2.45) is 5.73 Å². The molecular formula is C12H18N2O2S2. The molecule has 0 aromatic carbocycles. The van der Waals surface area contributed by atoms with E-state index in [0.29, 0.717) is 6.42 Å². The first-order chi connectivity index (χ1) is 8.49. The van der Waals surface area contributed by atoms with E-state index in [4.69, 9.17) is 5.73 Å². The molecule has 0 amide bonds. The maximum absolute atomic E-state index is 11.8. The fourth-order valence-corrected chi connectivity index (χ4v) is 6.04. The molecule has 6 heteroatoms. The third kappa shape index (κ3) is 2.21. The van der Waals surface area contributed by atoms with Crippen LogP contribution in [0.3, 0.4) is 0 Å². The summed E-state index contributed by atoms with van der Waals surface area (Å²) in [6.07, 6.45) is 5.89. The second-order valence-electron chi connectivity index (χ2n) is 5.45. The summed E-state index contributed by atoms with van der Waals surface area (Å²) in [5, 5.41) is 0.845. The summed E-state index contributed by atoms with van der Waals surface area (Å²) in [5.41, 5.74) is 6.76. The lowest BCUT2D eigenvalue weighted by Gasteiger charge is -2.30. The van der Waals surface area contributed by atoms with E-state index >= 15 is 0 Å². The zero-order chi connectivity index (χ0) is 12.8. The Labute approximate surface area is 112 Å². The highest BCUT2D eigenvalue weighted by Gasteiger charge is 2.40. The van der Waals surface area contributed by atoms with E-state index in [2.05, 4.69) is 4.98 Å². The van der Waals surface area contributed by atoms with Crippen molar-refractivity contribution in [2.75, 3.05) is 11.5 Å². The lowest BCUT2D eigenvalue weighted by atomic mass is 9.97. The first kappa shape index (κ1) is 12.6. The molecule has 1 aliphatic heterocycles. The Kier molecular flexibility index (Phi) is 2.99. The van der Waals surface area contributed by atoms with Gasteiger partial charge in [0, 0.05) is 4.88 Å². The van der Waals surface area contributed by atoms with Crippen molar-refractivity contribution in [2.45, 2.75) is 44.1 Å². The van der Waals surface area contributed by atoms with Gasteiger partial charge in [-0.05, 0) is 38.5 Å². The minimum absolute atomic E-state index is 0.0619. The fourth-order valence-electron chi connectivity index (χ4n) is 2.88. The Morgan fingerprint density at radius 2 is 2.00 bits per heavy atom. The third-order valence-electron chi connectivity index (χ3n) is 3.83. The van der Waals surface area contributed by atoms with Gasteiger partial charge in [-0.25, -0.2) is 13.4 Å². The van der Waals surface area contributed by atoms with Crippen molar-refractivity contribution >= 4 is 21.2 Å². The molecule has 4 nitrogen and oxygen atoms in total. The molecule has 1 unspecified atom stereocenters. The molecule has 1 aliphatic carbocycles. The van der Waals surface area contributed by atoms with Gasteiger partial charge in [-0.3, -0.25) is 0 Å². The number of hydrogen-bond donors (Lipinski definition) is 1. The zero-order valence-electron chi connectivity index (χ0n) is 10.3. The van der Waals surface area contributed by atoms with Gasteiger partial charge >= 0.3 is 0 Å². The minimum atomic E-state index is -3.00. The number of thiazole rings is 1. The molecule has 100 valence electrons. The van der Waals surface area contributed by atoms with Crippen LogP contribution in [0.5, 0.6) is 0 Å². The van der Waals surface area contributed by atoms with Gasteiger partial charge in [-0.2, -0.15) is 0 Å². The van der Waals surface area contributed by atoms with E-state index in [0.717, 1.165) is 30.0 Å². The Balaban J connectivity index is 1.96. The molecular weight excluding hydrogens is 268 g/mol. The topological polar surface area (TPSA) is 73.0 Å². The number of nitrogens with zero attached hydrogens (tertiary/aromatic N) is 1. The highest BCUT2D eigenvalue weighted by atomic mass is 32.2. The molecule has 0 radical (unpaired) electrons. The van der Waals surface area contributed by atoms with E-state index in [1.165, 1.54) is 17.7 Å². The van der Waals surface area contributed by atoms with Crippen LogP contribution < -0.4 is 5.73 Å². The molecule has 2 heterocycles. The summed E-state index contributed by atoms with van der Waals surface area (Å²) in [6.45, 7) is 0. The molecule has 0 bridgehead atoms. The van der Waals surface area contributed by atoms with Crippen LogP contribution in [-0.4, -0.2) is 24.9 Å². The fraction of sp³-hybridized carbons (Fsp3) is 0.750. The Morgan fingerprint density at radius 1 is 1.22 bits per heavy atom. The van der Waals surface area contributed by atoms with Crippen LogP contribution in [0.4, 0.5) is 0 Å². The highest BCUT2D eigenvalue weighted by Crippen LogP contribution is 2.36. The van der Waals surface area contributed by atoms with Crippen molar-refractivity contribution in [3.63, 3.8) is 0 Å². The van der Waals surface area contributed by atoms with Crippen LogP contribution in [-0.2, 0) is 28.2 Å². The monoisotopic (exact) mass is 286 g/mol. The first-order valence-corrected chi connectivity index (χ1v) is 9.11. The molecule has 18 heavy (non-hydrogen) atoms. The normalized spacial score (nSPS) is 30.9. The number of sulfone groups is 1. The zero-order valence-corrected chi connectivity index (χ0v) is 11.9. The smallest absolute Gasteiger partial charge is 0.152 e. The molecule has 1 atom stereocenters. The van der Waals surface area contributed by atoms with Gasteiger partial charge in [0.15, 0.2) is 9.84 Å². The SMILES string of the molecule is NC1(c2nc3c(s2)CCCC3)CCCS(=O)(=O)C1. The molecule has 2 N–H and O–H groups in total. The Bertz CT molecular complexity index is 541. The maximum atomic E-state index is 11.8. The summed E-state index contributed by atoms with van der Waals surface area (Å²) in [7, 11) is -3.00. The Morgan fingerprint density at radius 3 is 2.72 bits per heavy atom. The summed E-state index contributed by atoms with van der Waals surface area (Å²) in [6, 6.07) is 0. The second kappa shape index (κ2) is 4.28. The molecule has 0 saturated carbocycles. The number of aryl methyl sites for hydroxylation is 2. The van der Waals surface area contributed by atoms with Gasteiger partial charge in [0.1, 0.15) is 5.01 Å². The van der Waals surface area contributed by atoms with Crippen LogP contribution in [0, 0.1) is 0 Å². The molecule has 3 rings (SSSR count). The van der Waals surface area contributed by atoms with E-state index < -0.39 is 15.4 Å². The van der Waals surface area contributed by atoms with E-state index in [9.17, 15) is 8.42 Å². The highest BCUT2D eigenvalue weighted by molar-refractivity contribution is 7.91. The van der Waals surface area contributed by atoms with Crippen molar-refractivity contribution in [3.8, 4) is 0 Å². The standard InChI is InChI=1S/C12H18N2O2S2/c13-12(6-3-7-18(15,16)8-12)11-14-9-4-1-2-5-10(9)17-11/h1-8,13H2.